The number of carbonyl (C=O) groups is 1. The largest absolute Gasteiger partial charge is 0.495 e. The van der Waals surface area contributed by atoms with Crippen molar-refractivity contribution in [2.45, 2.75) is 11.3 Å². The number of nitrogens with one attached hydrogen (secondary N) is 2. The topological polar surface area (TPSA) is 84.5 Å². The molecular weight excluding hydrogens is 476 g/mol. The lowest BCUT2D eigenvalue weighted by atomic mass is 10.2. The first-order chi connectivity index (χ1) is 13.9. The van der Waals surface area contributed by atoms with Gasteiger partial charge in [-0.1, -0.05) is 22.0 Å². The van der Waals surface area contributed by atoms with Gasteiger partial charge in [-0.15, -0.1) is 11.3 Å². The summed E-state index contributed by atoms with van der Waals surface area (Å²) in [6, 6.07) is 15.0. The van der Waals surface area contributed by atoms with E-state index in [1.807, 2.05) is 17.5 Å². The summed E-state index contributed by atoms with van der Waals surface area (Å²) >= 11 is 4.93. The lowest BCUT2D eigenvalue weighted by molar-refractivity contribution is 0.0954. The molecule has 2 aromatic carbocycles. The number of anilines is 1. The smallest absolute Gasteiger partial charge is 0.265 e. The monoisotopic (exact) mass is 494 g/mol. The van der Waals surface area contributed by atoms with E-state index in [0.717, 1.165) is 10.9 Å². The minimum Gasteiger partial charge on any atom is -0.495 e. The average Bonchev–Trinajstić information content (AvgIpc) is 3.22. The highest BCUT2D eigenvalue weighted by Crippen LogP contribution is 2.27. The normalized spacial score (nSPS) is 11.1. The molecule has 2 N–H and O–H groups in total. The maximum absolute atomic E-state index is 12.9. The van der Waals surface area contributed by atoms with E-state index in [2.05, 4.69) is 26.0 Å². The molecule has 0 aliphatic heterocycles. The Labute approximate surface area is 182 Å². The zero-order valence-electron chi connectivity index (χ0n) is 15.5. The molecule has 1 heterocycles. The predicted octanol–water partition coefficient (Wildman–Crippen LogP) is 4.29. The van der Waals surface area contributed by atoms with Crippen molar-refractivity contribution in [3.05, 3.63) is 74.9 Å². The third kappa shape index (κ3) is 5.59. The number of rotatable bonds is 8. The molecule has 1 aromatic heterocycles. The predicted molar refractivity (Wildman–Crippen MR) is 118 cm³/mol. The number of halogens is 1. The lowest BCUT2D eigenvalue weighted by Crippen LogP contribution is -2.26. The van der Waals surface area contributed by atoms with Crippen molar-refractivity contribution in [3.8, 4) is 5.75 Å². The minimum atomic E-state index is -3.95. The number of amides is 1. The molecule has 0 aliphatic rings. The Balaban J connectivity index is 1.78. The standard InChI is InChI=1S/C20H19BrN2O4S2/c1-27-18-9-4-14(20(24)22-11-10-17-3-2-12-28-17)13-19(18)29(25,26)23-16-7-5-15(21)6-8-16/h2-9,12-13,23H,10-11H2,1H3,(H,22,24). The van der Waals surface area contributed by atoms with Crippen molar-refractivity contribution >= 4 is 48.9 Å². The fraction of sp³-hybridized carbons (Fsp3) is 0.150. The van der Waals surface area contributed by atoms with Crippen LogP contribution in [0.2, 0.25) is 0 Å². The zero-order valence-corrected chi connectivity index (χ0v) is 18.7. The summed E-state index contributed by atoms with van der Waals surface area (Å²) in [5, 5.41) is 4.80. The molecule has 0 saturated carbocycles. The van der Waals surface area contributed by atoms with Gasteiger partial charge in [0.15, 0.2) is 0 Å². The van der Waals surface area contributed by atoms with Gasteiger partial charge in [0.05, 0.1) is 7.11 Å². The van der Waals surface area contributed by atoms with Gasteiger partial charge in [0.25, 0.3) is 15.9 Å². The first kappa shape index (κ1) is 21.4. The molecular formula is C20H19BrN2O4S2. The van der Waals surface area contributed by atoms with Crippen LogP contribution in [0.15, 0.2) is 69.3 Å². The molecule has 0 unspecified atom stereocenters. The molecule has 6 nitrogen and oxygen atoms in total. The summed E-state index contributed by atoms with van der Waals surface area (Å²) in [5.74, 6) is -0.186. The highest BCUT2D eigenvalue weighted by atomic mass is 79.9. The quantitative estimate of drug-likeness (QED) is 0.488. The molecule has 3 aromatic rings. The molecule has 152 valence electrons. The summed E-state index contributed by atoms with van der Waals surface area (Å²) in [7, 11) is -2.57. The van der Waals surface area contributed by atoms with Gasteiger partial charge >= 0.3 is 0 Å². The van der Waals surface area contributed by atoms with Crippen LogP contribution in [0.5, 0.6) is 5.75 Å². The van der Waals surface area contributed by atoms with Crippen LogP contribution in [0.25, 0.3) is 0 Å². The Morgan fingerprint density at radius 2 is 1.90 bits per heavy atom. The van der Waals surface area contributed by atoms with Gasteiger partial charge in [0, 0.05) is 27.1 Å². The number of thiophene rings is 1. The van der Waals surface area contributed by atoms with Crippen LogP contribution in [-0.4, -0.2) is 28.0 Å². The molecule has 9 heteroatoms. The SMILES string of the molecule is COc1ccc(C(=O)NCCc2cccs2)cc1S(=O)(=O)Nc1ccc(Br)cc1. The molecule has 0 bridgehead atoms. The van der Waals surface area contributed by atoms with Crippen LogP contribution < -0.4 is 14.8 Å². The van der Waals surface area contributed by atoms with Crippen LogP contribution in [0.3, 0.4) is 0 Å². The first-order valence-electron chi connectivity index (χ1n) is 8.66. The summed E-state index contributed by atoms with van der Waals surface area (Å²) in [5.41, 5.74) is 0.647. The van der Waals surface area contributed by atoms with Crippen molar-refractivity contribution in [1.82, 2.24) is 5.32 Å². The molecule has 0 saturated heterocycles. The number of hydrogen-bond acceptors (Lipinski definition) is 5. The fourth-order valence-corrected chi connectivity index (χ4v) is 4.84. The van der Waals surface area contributed by atoms with E-state index in [0.29, 0.717) is 12.2 Å². The van der Waals surface area contributed by atoms with Crippen LogP contribution in [-0.2, 0) is 16.4 Å². The van der Waals surface area contributed by atoms with Crippen LogP contribution in [0.1, 0.15) is 15.2 Å². The Bertz CT molecular complexity index is 1080. The van der Waals surface area contributed by atoms with Crippen molar-refractivity contribution in [2.24, 2.45) is 0 Å². The van der Waals surface area contributed by atoms with Gasteiger partial charge in [-0.3, -0.25) is 9.52 Å². The fourth-order valence-electron chi connectivity index (χ4n) is 2.61. The highest BCUT2D eigenvalue weighted by Gasteiger charge is 2.22. The van der Waals surface area contributed by atoms with E-state index < -0.39 is 10.0 Å². The third-order valence-electron chi connectivity index (χ3n) is 4.05. The van der Waals surface area contributed by atoms with Crippen LogP contribution in [0, 0.1) is 0 Å². The summed E-state index contributed by atoms with van der Waals surface area (Å²) < 4.78 is 34.3. The Kier molecular flexibility index (Phi) is 6.94. The molecule has 3 rings (SSSR count). The maximum Gasteiger partial charge on any atom is 0.265 e. The Morgan fingerprint density at radius 3 is 2.55 bits per heavy atom. The van der Waals surface area contributed by atoms with Crippen molar-refractivity contribution < 1.29 is 17.9 Å². The maximum atomic E-state index is 12.9. The minimum absolute atomic E-state index is 0.103. The van der Waals surface area contributed by atoms with E-state index in [-0.39, 0.29) is 22.1 Å². The second-order valence-corrected chi connectivity index (χ2v) is 9.66. The van der Waals surface area contributed by atoms with Gasteiger partial charge < -0.3 is 10.1 Å². The molecule has 0 atom stereocenters. The molecule has 29 heavy (non-hydrogen) atoms. The zero-order chi connectivity index (χ0) is 20.9. The van der Waals surface area contributed by atoms with Gasteiger partial charge in [-0.2, -0.15) is 0 Å². The number of methoxy groups -OCH3 is 1. The Hall–Kier alpha value is -2.36. The van der Waals surface area contributed by atoms with Gasteiger partial charge in [-0.05, 0) is 60.3 Å². The van der Waals surface area contributed by atoms with Crippen molar-refractivity contribution in [1.29, 1.82) is 0 Å². The van der Waals surface area contributed by atoms with Gasteiger partial charge in [0.1, 0.15) is 10.6 Å². The third-order valence-corrected chi connectivity index (χ3v) is 6.92. The Morgan fingerprint density at radius 1 is 1.14 bits per heavy atom. The number of sulfonamides is 1. The summed E-state index contributed by atoms with van der Waals surface area (Å²) in [6.07, 6.45) is 0.718. The number of benzene rings is 2. The van der Waals surface area contributed by atoms with E-state index in [9.17, 15) is 13.2 Å². The average molecular weight is 495 g/mol. The van der Waals surface area contributed by atoms with Crippen LogP contribution in [0.4, 0.5) is 5.69 Å². The van der Waals surface area contributed by atoms with E-state index >= 15 is 0 Å². The number of ether oxygens (including phenoxy) is 1. The summed E-state index contributed by atoms with van der Waals surface area (Å²) in [6.45, 7) is 0.463. The van der Waals surface area contributed by atoms with E-state index in [4.69, 9.17) is 4.74 Å². The highest BCUT2D eigenvalue weighted by molar-refractivity contribution is 9.10. The lowest BCUT2D eigenvalue weighted by Gasteiger charge is -2.13. The molecule has 0 spiro atoms. The van der Waals surface area contributed by atoms with Crippen molar-refractivity contribution in [3.63, 3.8) is 0 Å². The van der Waals surface area contributed by atoms with Crippen molar-refractivity contribution in [2.75, 3.05) is 18.4 Å². The molecule has 1 amide bonds. The summed E-state index contributed by atoms with van der Waals surface area (Å²) in [4.78, 5) is 13.5. The van der Waals surface area contributed by atoms with Gasteiger partial charge in [-0.25, -0.2) is 8.42 Å². The van der Waals surface area contributed by atoms with E-state index in [1.165, 1.54) is 30.2 Å². The second-order valence-electron chi connectivity index (χ2n) is 6.06. The number of hydrogen-bond donors (Lipinski definition) is 2. The van der Waals surface area contributed by atoms with E-state index in [1.54, 1.807) is 35.6 Å². The first-order valence-corrected chi connectivity index (χ1v) is 11.8. The van der Waals surface area contributed by atoms with Gasteiger partial charge in [0.2, 0.25) is 0 Å². The molecule has 0 radical (unpaired) electrons. The second kappa shape index (κ2) is 9.43. The number of carbonyl (C=O) groups excluding carboxylic acids is 1. The molecule has 0 aliphatic carbocycles. The molecule has 0 fully saturated rings. The van der Waals surface area contributed by atoms with Crippen LogP contribution >= 0.6 is 27.3 Å².